The van der Waals surface area contributed by atoms with Crippen molar-refractivity contribution in [1.29, 1.82) is 0 Å². The fourth-order valence-electron chi connectivity index (χ4n) is 3.80. The molecule has 0 unspecified atom stereocenters. The van der Waals surface area contributed by atoms with Crippen molar-refractivity contribution in [3.8, 4) is 0 Å². The minimum absolute atomic E-state index is 0.302. The first-order valence-electron chi connectivity index (χ1n) is 9.48. The van der Waals surface area contributed by atoms with E-state index in [0.717, 1.165) is 12.8 Å². The molecule has 0 spiro atoms. The summed E-state index contributed by atoms with van der Waals surface area (Å²) in [6, 6.07) is 10.4. The van der Waals surface area contributed by atoms with Crippen LogP contribution in [0.3, 0.4) is 0 Å². The quantitative estimate of drug-likeness (QED) is 0.521. The molecule has 0 radical (unpaired) electrons. The highest BCUT2D eigenvalue weighted by Gasteiger charge is 2.40. The highest BCUT2D eigenvalue weighted by atomic mass is 28.4. The fraction of sp³-hybridized carbons (Fsp3) is 0.545. The van der Waals surface area contributed by atoms with Crippen molar-refractivity contribution in [3.63, 3.8) is 0 Å². The molecule has 0 saturated heterocycles. The molecular formula is C22H34O2Si. The first-order valence-corrected chi connectivity index (χ1v) is 12.9. The molecule has 25 heavy (non-hydrogen) atoms. The van der Waals surface area contributed by atoms with Crippen LogP contribution in [0, 0.1) is 5.92 Å². The Balaban J connectivity index is 2.15. The van der Waals surface area contributed by atoms with Gasteiger partial charge in [0.25, 0.3) is 0 Å². The smallest absolute Gasteiger partial charge is 0.184 e. The Hall–Kier alpha value is -1.16. The topological polar surface area (TPSA) is 18.5 Å². The minimum atomic E-state index is -1.71. The Bertz CT molecular complexity index is 573. The Labute approximate surface area is 155 Å². The molecule has 1 aromatic rings. The monoisotopic (exact) mass is 358 g/mol. The van der Waals surface area contributed by atoms with Crippen LogP contribution >= 0.6 is 0 Å². The standard InChI is InChI=1S/C22H34O2Si/c1-6-20-15-11-8-12-16-21(20)22(2,24-25(3,4)5)18-23-17-19-13-9-7-10-14-19/h6-7,9-10,13-15,21H,1,8,11-12,16-18H2,2-5H3/t21-,22+/m1/s1. The van der Waals surface area contributed by atoms with Gasteiger partial charge in [-0.1, -0.05) is 55.5 Å². The highest BCUT2D eigenvalue weighted by Crippen LogP contribution is 2.38. The molecule has 2 atom stereocenters. The Morgan fingerprint density at radius 2 is 1.92 bits per heavy atom. The summed E-state index contributed by atoms with van der Waals surface area (Å²) in [7, 11) is -1.71. The van der Waals surface area contributed by atoms with E-state index in [1.807, 2.05) is 12.1 Å². The Kier molecular flexibility index (Phi) is 7.23. The molecule has 1 aromatic carbocycles. The van der Waals surface area contributed by atoms with Gasteiger partial charge in [0.2, 0.25) is 0 Å². The van der Waals surface area contributed by atoms with Crippen LogP contribution in [0.2, 0.25) is 19.6 Å². The normalized spacial score (nSPS) is 21.1. The van der Waals surface area contributed by atoms with Gasteiger partial charge in [0.05, 0.1) is 18.8 Å². The molecular weight excluding hydrogens is 324 g/mol. The molecule has 1 aliphatic carbocycles. The van der Waals surface area contributed by atoms with Gasteiger partial charge >= 0.3 is 0 Å². The van der Waals surface area contributed by atoms with Crippen LogP contribution in [-0.4, -0.2) is 20.5 Å². The van der Waals surface area contributed by atoms with Gasteiger partial charge in [0.1, 0.15) is 0 Å². The van der Waals surface area contributed by atoms with Crippen molar-refractivity contribution in [2.45, 2.75) is 64.5 Å². The van der Waals surface area contributed by atoms with Crippen LogP contribution in [-0.2, 0) is 15.8 Å². The molecule has 0 N–H and O–H groups in total. The van der Waals surface area contributed by atoms with Crippen molar-refractivity contribution in [1.82, 2.24) is 0 Å². The molecule has 0 aliphatic heterocycles. The van der Waals surface area contributed by atoms with Gasteiger partial charge in [0, 0.05) is 5.92 Å². The van der Waals surface area contributed by atoms with Crippen LogP contribution in [0.5, 0.6) is 0 Å². The van der Waals surface area contributed by atoms with E-state index in [1.54, 1.807) is 0 Å². The van der Waals surface area contributed by atoms with Crippen molar-refractivity contribution < 1.29 is 9.16 Å². The molecule has 0 saturated carbocycles. The Morgan fingerprint density at radius 3 is 2.56 bits per heavy atom. The molecule has 3 heteroatoms. The molecule has 2 rings (SSSR count). The van der Waals surface area contributed by atoms with E-state index in [9.17, 15) is 0 Å². The van der Waals surface area contributed by atoms with Crippen LogP contribution < -0.4 is 0 Å². The van der Waals surface area contributed by atoms with Crippen molar-refractivity contribution in [3.05, 3.63) is 60.2 Å². The number of rotatable bonds is 8. The van der Waals surface area contributed by atoms with Crippen molar-refractivity contribution >= 4 is 8.32 Å². The van der Waals surface area contributed by atoms with Crippen LogP contribution in [0.4, 0.5) is 0 Å². The second-order valence-electron chi connectivity index (χ2n) is 8.25. The lowest BCUT2D eigenvalue weighted by Gasteiger charge is -2.42. The number of hydrogen-bond donors (Lipinski definition) is 0. The maximum Gasteiger partial charge on any atom is 0.184 e. The molecule has 0 fully saturated rings. The largest absolute Gasteiger partial charge is 0.409 e. The van der Waals surface area contributed by atoms with E-state index in [4.69, 9.17) is 9.16 Å². The molecule has 2 nitrogen and oxygen atoms in total. The average molecular weight is 359 g/mol. The summed E-state index contributed by atoms with van der Waals surface area (Å²) < 4.78 is 12.9. The third-order valence-electron chi connectivity index (χ3n) is 4.74. The van der Waals surface area contributed by atoms with Gasteiger partial charge in [-0.25, -0.2) is 0 Å². The zero-order valence-electron chi connectivity index (χ0n) is 16.4. The van der Waals surface area contributed by atoms with Gasteiger partial charge in [-0.05, 0) is 57.0 Å². The first kappa shape index (κ1) is 20.2. The van der Waals surface area contributed by atoms with Crippen LogP contribution in [0.15, 0.2) is 54.6 Å². The van der Waals surface area contributed by atoms with E-state index in [-0.39, 0.29) is 5.60 Å². The summed E-state index contributed by atoms with van der Waals surface area (Å²) in [5, 5.41) is 0. The van der Waals surface area contributed by atoms with E-state index in [1.165, 1.54) is 24.0 Å². The third-order valence-corrected chi connectivity index (χ3v) is 5.82. The molecule has 0 heterocycles. The maximum absolute atomic E-state index is 6.72. The van der Waals surface area contributed by atoms with E-state index < -0.39 is 8.32 Å². The number of allylic oxidation sites excluding steroid dienone is 2. The molecule has 138 valence electrons. The fourth-order valence-corrected chi connectivity index (χ4v) is 5.40. The summed E-state index contributed by atoms with van der Waals surface area (Å²) in [5.41, 5.74) is 2.24. The van der Waals surface area contributed by atoms with Crippen molar-refractivity contribution in [2.24, 2.45) is 5.92 Å². The summed E-state index contributed by atoms with van der Waals surface area (Å²) in [4.78, 5) is 0. The molecule has 1 aliphatic rings. The van der Waals surface area contributed by atoms with Gasteiger partial charge in [-0.2, -0.15) is 0 Å². The average Bonchev–Trinajstić information content (AvgIpc) is 2.80. The van der Waals surface area contributed by atoms with E-state index >= 15 is 0 Å². The predicted octanol–water partition coefficient (Wildman–Crippen LogP) is 6.12. The second-order valence-corrected chi connectivity index (χ2v) is 12.7. The van der Waals surface area contributed by atoms with Gasteiger partial charge in [-0.15, -0.1) is 0 Å². The zero-order valence-corrected chi connectivity index (χ0v) is 17.4. The van der Waals surface area contributed by atoms with E-state index in [0.29, 0.717) is 19.1 Å². The number of hydrogen-bond acceptors (Lipinski definition) is 2. The summed E-state index contributed by atoms with van der Waals surface area (Å²) in [5.74, 6) is 0.356. The Morgan fingerprint density at radius 1 is 1.20 bits per heavy atom. The van der Waals surface area contributed by atoms with Crippen molar-refractivity contribution in [2.75, 3.05) is 6.61 Å². The summed E-state index contributed by atoms with van der Waals surface area (Å²) in [6.07, 6.45) is 9.16. The SMILES string of the molecule is C=CC1=CCCCC[C@H]1[C@](C)(COCc1ccccc1)O[Si](C)(C)C. The van der Waals surface area contributed by atoms with Crippen LogP contribution in [0.1, 0.15) is 38.2 Å². The first-order chi connectivity index (χ1) is 11.8. The zero-order chi connectivity index (χ0) is 18.3. The number of ether oxygens (including phenoxy) is 1. The summed E-state index contributed by atoms with van der Waals surface area (Å²) >= 11 is 0. The second kappa shape index (κ2) is 8.97. The lowest BCUT2D eigenvalue weighted by atomic mass is 9.81. The molecule has 0 amide bonds. The summed E-state index contributed by atoms with van der Waals surface area (Å²) in [6.45, 7) is 14.3. The van der Waals surface area contributed by atoms with Gasteiger partial charge in [0.15, 0.2) is 8.32 Å². The van der Waals surface area contributed by atoms with E-state index in [2.05, 4.69) is 63.5 Å². The minimum Gasteiger partial charge on any atom is -0.409 e. The maximum atomic E-state index is 6.72. The lowest BCUT2D eigenvalue weighted by Crippen LogP contribution is -2.49. The highest BCUT2D eigenvalue weighted by molar-refractivity contribution is 6.69. The van der Waals surface area contributed by atoms with Gasteiger partial charge in [-0.3, -0.25) is 0 Å². The predicted molar refractivity (Wildman–Crippen MR) is 109 cm³/mol. The number of benzene rings is 1. The molecule has 0 bridgehead atoms. The van der Waals surface area contributed by atoms with Gasteiger partial charge < -0.3 is 9.16 Å². The van der Waals surface area contributed by atoms with Crippen LogP contribution in [0.25, 0.3) is 0 Å². The molecule has 0 aromatic heterocycles. The lowest BCUT2D eigenvalue weighted by molar-refractivity contribution is -0.0557. The third kappa shape index (κ3) is 6.25.